The minimum absolute atomic E-state index is 0.108. The molecule has 2 aliphatic rings. The molecule has 0 atom stereocenters. The van der Waals surface area contributed by atoms with E-state index in [4.69, 9.17) is 4.74 Å². The summed E-state index contributed by atoms with van der Waals surface area (Å²) in [6.07, 6.45) is 5.13. The van der Waals surface area contributed by atoms with E-state index < -0.39 is 6.15 Å². The Labute approximate surface area is 322 Å². The van der Waals surface area contributed by atoms with Crippen molar-refractivity contribution in [2.45, 2.75) is 38.6 Å². The van der Waals surface area contributed by atoms with E-state index in [-0.39, 0.29) is 5.43 Å². The van der Waals surface area contributed by atoms with Gasteiger partial charge in [-0.25, -0.2) is 0 Å². The van der Waals surface area contributed by atoms with E-state index in [1.54, 1.807) is 18.4 Å². The van der Waals surface area contributed by atoms with Crippen LogP contribution in [0.4, 0.5) is 0 Å². The van der Waals surface area contributed by atoms with Crippen molar-refractivity contribution in [1.82, 2.24) is 4.90 Å². The van der Waals surface area contributed by atoms with Crippen molar-refractivity contribution in [1.29, 1.82) is 0 Å². The maximum Gasteiger partial charge on any atom is 0.247 e. The third-order valence-corrected chi connectivity index (χ3v) is 12.6. The number of amidine groups is 1. The van der Waals surface area contributed by atoms with Crippen LogP contribution in [0.2, 0.25) is 0 Å². The number of fused-ring (bicyclic) bond motifs is 3. The lowest BCUT2D eigenvalue weighted by Gasteiger charge is -2.44. The third-order valence-electron chi connectivity index (χ3n) is 11.4. The van der Waals surface area contributed by atoms with Gasteiger partial charge in [0.15, 0.2) is 5.43 Å². The van der Waals surface area contributed by atoms with Crippen LogP contribution in [0.25, 0.3) is 20.2 Å². The first kappa shape index (κ1) is 35.6. The van der Waals surface area contributed by atoms with Gasteiger partial charge in [-0.2, -0.15) is 21.9 Å². The minimum atomic E-state index is -1.22. The molecule has 1 aromatic heterocycles. The fourth-order valence-corrected chi connectivity index (χ4v) is 9.88. The summed E-state index contributed by atoms with van der Waals surface area (Å²) in [5, 5.41) is 1.58. The number of hydrogen-bond acceptors (Lipinski definition) is 4. The van der Waals surface area contributed by atoms with Gasteiger partial charge in [-0.3, -0.25) is 14.3 Å². The van der Waals surface area contributed by atoms with E-state index in [1.807, 2.05) is 18.2 Å². The Hall–Kier alpha value is -5.46. The molecular formula is C48H47BN2O2S. The highest BCUT2D eigenvalue weighted by Gasteiger charge is 2.31. The standard InChI is InChI=1S/C24H20B.C24H27N2O2S/c1-5-13-21(14-6-1)25(22-15-7-2-8-16-22,23-17-9-3-10-18-23)24-19-11-4-12-20-24;1-28-18-8-10-22-20(15-18)24(27)19-14-17(7-9-21(19)29-22)16-26-13-5-12-25-11-4-2-3-6-23(25)26/h1-20H;7-10,14-15H,2-6,11-13,16H2,1H3/q-1;+1. The topological polar surface area (TPSA) is 32.5 Å². The maximum atomic E-state index is 13.2. The van der Waals surface area contributed by atoms with Gasteiger partial charge >= 0.3 is 0 Å². The first-order chi connectivity index (χ1) is 26.6. The molecule has 54 heavy (non-hydrogen) atoms. The molecule has 0 aliphatic carbocycles. The zero-order valence-corrected chi connectivity index (χ0v) is 31.9. The zero-order valence-electron chi connectivity index (χ0n) is 31.1. The van der Waals surface area contributed by atoms with E-state index >= 15 is 0 Å². The van der Waals surface area contributed by atoms with Crippen molar-refractivity contribution >= 4 is 65.3 Å². The van der Waals surface area contributed by atoms with Gasteiger partial charge in [0.25, 0.3) is 0 Å². The highest BCUT2D eigenvalue weighted by atomic mass is 32.1. The van der Waals surface area contributed by atoms with Gasteiger partial charge < -0.3 is 4.74 Å². The zero-order chi connectivity index (χ0) is 36.7. The Morgan fingerprint density at radius 2 is 1.13 bits per heavy atom. The SMILES string of the molecule is COc1ccc2sc3ccc(C[N+]4=C5CCCCCN5CCC4)cc3c(=O)c2c1.c1ccc([B-](c2ccccc2)(c2ccccc2)c2ccccc2)cc1. The summed E-state index contributed by atoms with van der Waals surface area (Å²) in [7, 11) is 1.64. The molecule has 0 radical (unpaired) electrons. The second kappa shape index (κ2) is 16.3. The molecule has 1 fully saturated rings. The predicted octanol–water partition coefficient (Wildman–Crippen LogP) is 7.68. The van der Waals surface area contributed by atoms with E-state index in [1.165, 1.54) is 78.4 Å². The molecule has 1 saturated heterocycles. The van der Waals surface area contributed by atoms with Gasteiger partial charge in [0.05, 0.1) is 26.7 Å². The summed E-state index contributed by atoms with van der Waals surface area (Å²) >= 11 is 1.68. The Bertz CT molecular complexity index is 2270. The first-order valence-corrected chi connectivity index (χ1v) is 20.2. The quantitative estimate of drug-likeness (QED) is 0.0961. The molecule has 9 rings (SSSR count). The molecule has 0 N–H and O–H groups in total. The summed E-state index contributed by atoms with van der Waals surface area (Å²) in [5.41, 5.74) is 6.69. The van der Waals surface area contributed by atoms with E-state index in [0.29, 0.717) is 0 Å². The third kappa shape index (κ3) is 7.11. The van der Waals surface area contributed by atoms with Crippen molar-refractivity contribution in [2.24, 2.45) is 0 Å². The Morgan fingerprint density at radius 3 is 1.69 bits per heavy atom. The average molecular weight is 727 g/mol. The van der Waals surface area contributed by atoms with Gasteiger partial charge in [0.1, 0.15) is 18.4 Å². The van der Waals surface area contributed by atoms with Crippen LogP contribution < -0.4 is 32.0 Å². The molecule has 4 nitrogen and oxygen atoms in total. The monoisotopic (exact) mass is 726 g/mol. The van der Waals surface area contributed by atoms with Crippen LogP contribution in [0, 0.1) is 0 Å². The molecule has 2 aliphatic heterocycles. The lowest BCUT2D eigenvalue weighted by molar-refractivity contribution is -0.555. The molecule has 270 valence electrons. The van der Waals surface area contributed by atoms with Crippen molar-refractivity contribution in [2.75, 3.05) is 26.7 Å². The van der Waals surface area contributed by atoms with Crippen LogP contribution in [0.1, 0.15) is 37.7 Å². The second-order valence-corrected chi connectivity index (χ2v) is 15.7. The Balaban J connectivity index is 0.000000155. The summed E-state index contributed by atoms with van der Waals surface area (Å²) < 4.78 is 9.94. The number of methoxy groups -OCH3 is 1. The first-order valence-electron chi connectivity index (χ1n) is 19.4. The highest BCUT2D eigenvalue weighted by molar-refractivity contribution is 7.24. The molecule has 0 unspecified atom stereocenters. The van der Waals surface area contributed by atoms with Crippen LogP contribution >= 0.6 is 11.3 Å². The Morgan fingerprint density at radius 1 is 0.611 bits per heavy atom. The lowest BCUT2D eigenvalue weighted by atomic mass is 9.13. The largest absolute Gasteiger partial charge is 0.497 e. The number of benzene rings is 6. The van der Waals surface area contributed by atoms with Gasteiger partial charge in [0.2, 0.25) is 5.84 Å². The smallest absolute Gasteiger partial charge is 0.247 e. The lowest BCUT2D eigenvalue weighted by Crippen LogP contribution is -2.74. The number of nitrogens with zero attached hydrogens (tertiary/aromatic N) is 2. The van der Waals surface area contributed by atoms with Crippen molar-refractivity contribution in [3.63, 3.8) is 0 Å². The van der Waals surface area contributed by atoms with Crippen LogP contribution in [-0.4, -0.2) is 48.2 Å². The van der Waals surface area contributed by atoms with E-state index in [9.17, 15) is 4.79 Å². The van der Waals surface area contributed by atoms with Gasteiger partial charge in [-0.05, 0) is 55.2 Å². The molecular weight excluding hydrogens is 679 g/mol. The highest BCUT2D eigenvalue weighted by Crippen LogP contribution is 2.28. The van der Waals surface area contributed by atoms with Crippen molar-refractivity contribution in [3.05, 3.63) is 174 Å². The van der Waals surface area contributed by atoms with E-state index in [0.717, 1.165) is 39.0 Å². The average Bonchev–Trinajstić information content (AvgIpc) is 3.50. The number of hydrogen-bond donors (Lipinski definition) is 0. The van der Waals surface area contributed by atoms with Crippen molar-refractivity contribution in [3.8, 4) is 5.75 Å². The second-order valence-electron chi connectivity index (χ2n) is 14.6. The van der Waals surface area contributed by atoms with Gasteiger partial charge in [-0.15, -0.1) is 11.3 Å². The van der Waals surface area contributed by atoms with Gasteiger partial charge in [0, 0.05) is 33.0 Å². The normalized spacial score (nSPS) is 14.6. The predicted molar refractivity (Wildman–Crippen MR) is 231 cm³/mol. The number of ether oxygens (including phenoxy) is 1. The van der Waals surface area contributed by atoms with Crippen LogP contribution in [0.3, 0.4) is 0 Å². The fraction of sp³-hybridized carbons (Fsp3) is 0.208. The van der Waals surface area contributed by atoms with Gasteiger partial charge in [-0.1, -0.05) is 127 Å². The summed E-state index contributed by atoms with van der Waals surface area (Å²) in [6.45, 7) is 4.40. The molecule has 0 amide bonds. The molecule has 0 spiro atoms. The summed E-state index contributed by atoms with van der Waals surface area (Å²) in [4.78, 5) is 15.8. The van der Waals surface area contributed by atoms with E-state index in [2.05, 4.69) is 149 Å². The molecule has 3 heterocycles. The maximum absolute atomic E-state index is 13.2. The van der Waals surface area contributed by atoms with Crippen LogP contribution in [0.5, 0.6) is 5.75 Å². The van der Waals surface area contributed by atoms with Crippen LogP contribution in [0.15, 0.2) is 163 Å². The molecule has 6 aromatic carbocycles. The number of rotatable bonds is 7. The summed E-state index contributed by atoms with van der Waals surface area (Å²) in [6, 6.07) is 55.7. The fourth-order valence-electron chi connectivity index (χ4n) is 8.85. The Kier molecular flexibility index (Phi) is 10.7. The molecule has 0 saturated carbocycles. The summed E-state index contributed by atoms with van der Waals surface area (Å²) in [5.74, 6) is 2.25. The molecule has 7 aromatic rings. The minimum Gasteiger partial charge on any atom is -0.497 e. The van der Waals surface area contributed by atoms with Crippen molar-refractivity contribution < 1.29 is 9.31 Å². The molecule has 0 bridgehead atoms. The molecule has 6 heteroatoms. The van der Waals surface area contributed by atoms with Crippen LogP contribution in [-0.2, 0) is 6.54 Å².